The van der Waals surface area contributed by atoms with Crippen LogP contribution in [-0.4, -0.2) is 25.5 Å². The molecular formula is C22H22BrF4N5O. The molecule has 0 radical (unpaired) electrons. The third kappa shape index (κ3) is 4.97. The maximum Gasteiger partial charge on any atom is 0.436 e. The van der Waals surface area contributed by atoms with Crippen LogP contribution in [0.1, 0.15) is 53.5 Å². The topological polar surface area (TPSA) is 64.7 Å². The van der Waals surface area contributed by atoms with Crippen LogP contribution >= 0.6 is 15.9 Å². The van der Waals surface area contributed by atoms with E-state index in [0.717, 1.165) is 12.8 Å². The first-order valence-corrected chi connectivity index (χ1v) is 11.3. The minimum absolute atomic E-state index is 0.0205. The number of halogens is 5. The predicted molar refractivity (Wildman–Crippen MR) is 117 cm³/mol. The lowest BCUT2D eigenvalue weighted by Crippen LogP contribution is -2.17. The van der Waals surface area contributed by atoms with Gasteiger partial charge in [-0.25, -0.2) is 4.39 Å². The molecule has 4 rings (SSSR count). The highest BCUT2D eigenvalue weighted by molar-refractivity contribution is 9.10. The quantitative estimate of drug-likeness (QED) is 0.408. The summed E-state index contributed by atoms with van der Waals surface area (Å²) in [5.41, 5.74) is 1.72. The summed E-state index contributed by atoms with van der Waals surface area (Å²) < 4.78 is 56.6. The Balaban J connectivity index is 1.46. The van der Waals surface area contributed by atoms with Crippen LogP contribution in [0.15, 0.2) is 28.7 Å². The number of carbonyl (C=O) groups is 1. The molecule has 0 saturated heterocycles. The zero-order chi connectivity index (χ0) is 23.9. The van der Waals surface area contributed by atoms with E-state index in [1.165, 1.54) is 10.7 Å². The summed E-state index contributed by atoms with van der Waals surface area (Å²) in [5.74, 6) is -0.688. The third-order valence-corrected chi connectivity index (χ3v) is 6.42. The highest BCUT2D eigenvalue weighted by atomic mass is 79.9. The summed E-state index contributed by atoms with van der Waals surface area (Å²) in [5, 5.41) is 10.9. The first-order chi connectivity index (χ1) is 15.6. The predicted octanol–water partition coefficient (Wildman–Crippen LogP) is 5.57. The smallest absolute Gasteiger partial charge is 0.323 e. The lowest BCUT2D eigenvalue weighted by Gasteiger charge is -2.09. The third-order valence-electron chi connectivity index (χ3n) is 5.64. The van der Waals surface area contributed by atoms with Gasteiger partial charge in [-0.1, -0.05) is 18.2 Å². The molecule has 1 aliphatic rings. The van der Waals surface area contributed by atoms with Crippen LogP contribution in [0, 0.1) is 19.7 Å². The van der Waals surface area contributed by atoms with Gasteiger partial charge in [0, 0.05) is 17.9 Å². The maximum atomic E-state index is 14.0. The van der Waals surface area contributed by atoms with Crippen molar-refractivity contribution in [1.82, 2.24) is 19.6 Å². The van der Waals surface area contributed by atoms with E-state index in [1.54, 1.807) is 36.7 Å². The van der Waals surface area contributed by atoms with Crippen molar-refractivity contribution in [2.45, 2.75) is 58.3 Å². The molecule has 2 aromatic heterocycles. The average Bonchev–Trinajstić information content (AvgIpc) is 3.47. The Hall–Kier alpha value is -2.69. The number of nitrogens with zero attached hydrogens (tertiary/aromatic N) is 4. The van der Waals surface area contributed by atoms with Crippen LogP contribution in [0.5, 0.6) is 0 Å². The second-order valence-electron chi connectivity index (χ2n) is 8.14. The normalized spacial score (nSPS) is 14.0. The summed E-state index contributed by atoms with van der Waals surface area (Å²) in [6.45, 7) is 3.73. The first-order valence-electron chi connectivity index (χ1n) is 10.5. The van der Waals surface area contributed by atoms with E-state index >= 15 is 0 Å². The van der Waals surface area contributed by atoms with Gasteiger partial charge in [-0.3, -0.25) is 14.2 Å². The number of amides is 1. The van der Waals surface area contributed by atoms with Crippen molar-refractivity contribution in [2.24, 2.45) is 0 Å². The van der Waals surface area contributed by atoms with E-state index in [9.17, 15) is 22.4 Å². The SMILES string of the molecule is Cc1nn(Cc2ccccc2F)c(C)c1NC(=O)CCn1nc(C(F)(F)F)c(Br)c1C1CC1. The van der Waals surface area contributed by atoms with E-state index in [0.29, 0.717) is 28.3 Å². The fraction of sp³-hybridized carbons (Fsp3) is 0.409. The van der Waals surface area contributed by atoms with Gasteiger partial charge >= 0.3 is 6.18 Å². The molecule has 2 heterocycles. The standard InChI is InChI=1S/C22H22BrF4N5O/c1-12-19(13(2)32(29-12)11-15-5-3-4-6-16(15)24)28-17(33)9-10-31-20(14-7-8-14)18(23)21(30-31)22(25,26)27/h3-6,14H,7-11H2,1-2H3,(H,28,33). The molecule has 1 N–H and O–H groups in total. The summed E-state index contributed by atoms with van der Waals surface area (Å²) in [6, 6.07) is 6.38. The van der Waals surface area contributed by atoms with Crippen LogP contribution < -0.4 is 5.32 Å². The Labute approximate surface area is 196 Å². The summed E-state index contributed by atoms with van der Waals surface area (Å²) in [6.07, 6.45) is -3.03. The molecule has 3 aromatic rings. The van der Waals surface area contributed by atoms with E-state index < -0.39 is 11.9 Å². The maximum absolute atomic E-state index is 14.0. The molecule has 1 fully saturated rings. The first kappa shape index (κ1) is 23.5. The van der Waals surface area contributed by atoms with Gasteiger partial charge in [0.1, 0.15) is 5.82 Å². The molecule has 11 heteroatoms. The van der Waals surface area contributed by atoms with Gasteiger partial charge in [0.15, 0.2) is 5.69 Å². The number of anilines is 1. The summed E-state index contributed by atoms with van der Waals surface area (Å²) in [7, 11) is 0. The summed E-state index contributed by atoms with van der Waals surface area (Å²) >= 11 is 3.05. The van der Waals surface area contributed by atoms with E-state index in [-0.39, 0.29) is 41.6 Å². The van der Waals surface area contributed by atoms with Crippen molar-refractivity contribution in [3.05, 3.63) is 62.9 Å². The van der Waals surface area contributed by atoms with Crippen molar-refractivity contribution in [3.63, 3.8) is 0 Å². The Morgan fingerprint density at radius 2 is 1.88 bits per heavy atom. The molecule has 176 valence electrons. The zero-order valence-electron chi connectivity index (χ0n) is 18.0. The van der Waals surface area contributed by atoms with Gasteiger partial charge in [-0.05, 0) is 48.7 Å². The van der Waals surface area contributed by atoms with E-state index in [1.807, 2.05) is 0 Å². The van der Waals surface area contributed by atoms with Crippen molar-refractivity contribution in [2.75, 3.05) is 5.32 Å². The fourth-order valence-corrected chi connectivity index (χ4v) is 4.61. The molecule has 33 heavy (non-hydrogen) atoms. The molecular weight excluding hydrogens is 506 g/mol. The van der Waals surface area contributed by atoms with Gasteiger partial charge in [0.25, 0.3) is 0 Å². The molecule has 6 nitrogen and oxygen atoms in total. The number of hydrogen-bond donors (Lipinski definition) is 1. The zero-order valence-corrected chi connectivity index (χ0v) is 19.6. The van der Waals surface area contributed by atoms with E-state index in [4.69, 9.17) is 0 Å². The molecule has 1 amide bonds. The van der Waals surface area contributed by atoms with Gasteiger partial charge in [0.05, 0.1) is 40.3 Å². The lowest BCUT2D eigenvalue weighted by atomic mass is 10.2. The highest BCUT2D eigenvalue weighted by Gasteiger charge is 2.41. The number of rotatable bonds is 7. The Bertz CT molecular complexity index is 1200. The van der Waals surface area contributed by atoms with Gasteiger partial charge in [-0.15, -0.1) is 0 Å². The van der Waals surface area contributed by atoms with Gasteiger partial charge < -0.3 is 5.32 Å². The van der Waals surface area contributed by atoms with Gasteiger partial charge in [-0.2, -0.15) is 23.4 Å². The molecule has 0 atom stereocenters. The molecule has 0 aliphatic heterocycles. The largest absolute Gasteiger partial charge is 0.436 e. The van der Waals surface area contributed by atoms with Crippen molar-refractivity contribution in [1.29, 1.82) is 0 Å². The lowest BCUT2D eigenvalue weighted by molar-refractivity contribution is -0.142. The monoisotopic (exact) mass is 527 g/mol. The summed E-state index contributed by atoms with van der Waals surface area (Å²) in [4.78, 5) is 12.6. The fourth-order valence-electron chi connectivity index (χ4n) is 3.78. The number of nitrogens with one attached hydrogen (secondary N) is 1. The minimum Gasteiger partial charge on any atom is -0.323 e. The Morgan fingerprint density at radius 3 is 2.52 bits per heavy atom. The number of alkyl halides is 3. The van der Waals surface area contributed by atoms with Crippen molar-refractivity contribution >= 4 is 27.5 Å². The molecule has 1 aromatic carbocycles. The highest BCUT2D eigenvalue weighted by Crippen LogP contribution is 2.47. The van der Waals surface area contributed by atoms with Crippen LogP contribution in [-0.2, 0) is 24.1 Å². The number of hydrogen-bond acceptors (Lipinski definition) is 3. The van der Waals surface area contributed by atoms with Crippen LogP contribution in [0.3, 0.4) is 0 Å². The minimum atomic E-state index is -4.57. The van der Waals surface area contributed by atoms with Crippen LogP contribution in [0.2, 0.25) is 0 Å². The molecule has 0 bridgehead atoms. The molecule has 0 unspecified atom stereocenters. The van der Waals surface area contributed by atoms with Crippen LogP contribution in [0.4, 0.5) is 23.2 Å². The Morgan fingerprint density at radius 1 is 1.18 bits per heavy atom. The van der Waals surface area contributed by atoms with Crippen molar-refractivity contribution in [3.8, 4) is 0 Å². The van der Waals surface area contributed by atoms with Gasteiger partial charge in [0.2, 0.25) is 5.91 Å². The number of aromatic nitrogens is 4. The number of aryl methyl sites for hydroxylation is 2. The molecule has 0 spiro atoms. The number of carbonyl (C=O) groups excluding carboxylic acids is 1. The second-order valence-corrected chi connectivity index (χ2v) is 8.93. The Kier molecular flexibility index (Phi) is 6.35. The molecule has 1 saturated carbocycles. The van der Waals surface area contributed by atoms with E-state index in [2.05, 4.69) is 31.4 Å². The average molecular weight is 528 g/mol. The number of benzene rings is 1. The van der Waals surface area contributed by atoms with Crippen LogP contribution in [0.25, 0.3) is 0 Å². The second kappa shape index (κ2) is 8.92. The van der Waals surface area contributed by atoms with Crippen molar-refractivity contribution < 1.29 is 22.4 Å². The molecule has 1 aliphatic carbocycles.